The van der Waals surface area contributed by atoms with E-state index >= 15 is 0 Å². The number of carbonyl (C=O) groups excluding carboxylic acids is 1. The Bertz CT molecular complexity index is 512. The molecule has 0 unspecified atom stereocenters. The van der Waals surface area contributed by atoms with Gasteiger partial charge < -0.3 is 20.5 Å². The van der Waals surface area contributed by atoms with Gasteiger partial charge >= 0.3 is 12.0 Å². The number of carboxylic acids is 1. The standard InChI is InChI=1S/C18H28N2O4/c1-14-8-6-9-15(2)17(14)24-13-7-12-20-18(23)19-11-5-3-4-10-16(21)22/h6,8-9H,3-5,7,10-13H2,1-2H3,(H,21,22)(H2,19,20,23). The van der Waals surface area contributed by atoms with Crippen LogP contribution in [-0.4, -0.2) is 36.8 Å². The molecule has 134 valence electrons. The summed E-state index contributed by atoms with van der Waals surface area (Å²) in [7, 11) is 0. The van der Waals surface area contributed by atoms with E-state index in [4.69, 9.17) is 9.84 Å². The minimum absolute atomic E-state index is 0.187. The number of urea groups is 1. The number of carboxylic acid groups (broad SMARTS) is 1. The highest BCUT2D eigenvalue weighted by atomic mass is 16.5. The number of para-hydroxylation sites is 1. The SMILES string of the molecule is Cc1cccc(C)c1OCCCNC(=O)NCCCCCC(=O)O. The third-order valence-electron chi connectivity index (χ3n) is 3.61. The van der Waals surface area contributed by atoms with Crippen LogP contribution in [0.2, 0.25) is 0 Å². The Morgan fingerprint density at radius 3 is 2.25 bits per heavy atom. The normalized spacial score (nSPS) is 10.2. The Morgan fingerprint density at radius 2 is 1.62 bits per heavy atom. The summed E-state index contributed by atoms with van der Waals surface area (Å²) < 4.78 is 5.77. The van der Waals surface area contributed by atoms with Gasteiger partial charge in [0, 0.05) is 19.5 Å². The quantitative estimate of drug-likeness (QED) is 0.542. The lowest BCUT2D eigenvalue weighted by Crippen LogP contribution is -2.36. The average Bonchev–Trinajstić information content (AvgIpc) is 2.52. The van der Waals surface area contributed by atoms with Gasteiger partial charge in [0.15, 0.2) is 0 Å². The third-order valence-corrected chi connectivity index (χ3v) is 3.61. The molecule has 0 aromatic heterocycles. The maximum atomic E-state index is 11.6. The van der Waals surface area contributed by atoms with Crippen LogP contribution >= 0.6 is 0 Å². The molecule has 6 heteroatoms. The Kier molecular flexibility index (Phi) is 9.34. The number of aryl methyl sites for hydroxylation is 2. The van der Waals surface area contributed by atoms with Gasteiger partial charge in [0.25, 0.3) is 0 Å². The molecule has 0 spiro atoms. The van der Waals surface area contributed by atoms with Gasteiger partial charge in [-0.15, -0.1) is 0 Å². The van der Waals surface area contributed by atoms with Crippen molar-refractivity contribution in [1.82, 2.24) is 10.6 Å². The number of aliphatic carboxylic acids is 1. The van der Waals surface area contributed by atoms with E-state index in [1.54, 1.807) is 0 Å². The topological polar surface area (TPSA) is 87.7 Å². The molecule has 0 aliphatic rings. The number of benzene rings is 1. The first-order valence-electron chi connectivity index (χ1n) is 8.43. The second-order valence-corrected chi connectivity index (χ2v) is 5.81. The summed E-state index contributed by atoms with van der Waals surface area (Å²) in [5.74, 6) is 0.145. The molecule has 0 radical (unpaired) electrons. The van der Waals surface area contributed by atoms with Gasteiger partial charge in [-0.25, -0.2) is 4.79 Å². The molecule has 0 heterocycles. The molecule has 1 aromatic carbocycles. The van der Waals surface area contributed by atoms with Gasteiger partial charge in [0.1, 0.15) is 5.75 Å². The summed E-state index contributed by atoms with van der Waals surface area (Å²) in [6, 6.07) is 5.85. The largest absolute Gasteiger partial charge is 0.493 e. The third kappa shape index (κ3) is 8.41. The maximum Gasteiger partial charge on any atom is 0.314 e. The summed E-state index contributed by atoms with van der Waals surface area (Å²) in [5, 5.41) is 14.1. The zero-order chi connectivity index (χ0) is 17.8. The van der Waals surface area contributed by atoms with Gasteiger partial charge in [-0.1, -0.05) is 24.6 Å². The molecule has 0 aliphatic carbocycles. The molecule has 0 atom stereocenters. The molecule has 0 fully saturated rings. The zero-order valence-corrected chi connectivity index (χ0v) is 14.6. The van der Waals surface area contributed by atoms with Crippen molar-refractivity contribution in [2.45, 2.75) is 46.0 Å². The van der Waals surface area contributed by atoms with Crippen LogP contribution in [-0.2, 0) is 4.79 Å². The smallest absolute Gasteiger partial charge is 0.314 e. The van der Waals surface area contributed by atoms with Crippen molar-refractivity contribution >= 4 is 12.0 Å². The van der Waals surface area contributed by atoms with Gasteiger partial charge in [0.2, 0.25) is 0 Å². The van der Waals surface area contributed by atoms with Crippen molar-refractivity contribution in [2.24, 2.45) is 0 Å². The Hall–Kier alpha value is -2.24. The number of unbranched alkanes of at least 4 members (excludes halogenated alkanes) is 2. The minimum Gasteiger partial charge on any atom is -0.493 e. The monoisotopic (exact) mass is 336 g/mol. The van der Waals surface area contributed by atoms with Gasteiger partial charge in [-0.2, -0.15) is 0 Å². The van der Waals surface area contributed by atoms with E-state index in [2.05, 4.69) is 10.6 Å². The molecule has 0 aliphatic heterocycles. The first-order valence-corrected chi connectivity index (χ1v) is 8.43. The summed E-state index contributed by atoms with van der Waals surface area (Å²) >= 11 is 0. The van der Waals surface area contributed by atoms with Crippen molar-refractivity contribution in [3.05, 3.63) is 29.3 Å². The number of nitrogens with one attached hydrogen (secondary N) is 2. The number of carbonyl (C=O) groups is 2. The Balaban J connectivity index is 2.02. The molecular formula is C18H28N2O4. The lowest BCUT2D eigenvalue weighted by Gasteiger charge is -2.12. The number of hydrogen-bond acceptors (Lipinski definition) is 3. The molecule has 0 bridgehead atoms. The molecule has 1 aromatic rings. The van der Waals surface area contributed by atoms with Crippen LogP contribution in [0.3, 0.4) is 0 Å². The summed E-state index contributed by atoms with van der Waals surface area (Å²) in [6.45, 7) is 5.70. The number of rotatable bonds is 11. The predicted molar refractivity (Wildman–Crippen MR) is 93.5 cm³/mol. The van der Waals surface area contributed by atoms with Crippen LogP contribution in [0.15, 0.2) is 18.2 Å². The van der Waals surface area contributed by atoms with Crippen LogP contribution in [0.25, 0.3) is 0 Å². The van der Waals surface area contributed by atoms with Crippen LogP contribution in [0, 0.1) is 13.8 Å². The second-order valence-electron chi connectivity index (χ2n) is 5.81. The second kappa shape index (κ2) is 11.3. The first-order chi connectivity index (χ1) is 11.5. The van der Waals surface area contributed by atoms with E-state index < -0.39 is 5.97 Å². The van der Waals surface area contributed by atoms with Gasteiger partial charge in [-0.3, -0.25) is 4.79 Å². The summed E-state index contributed by atoms with van der Waals surface area (Å²) in [6.07, 6.45) is 3.16. The molecule has 3 N–H and O–H groups in total. The van der Waals surface area contributed by atoms with Crippen molar-refractivity contribution < 1.29 is 19.4 Å². The fraction of sp³-hybridized carbons (Fsp3) is 0.556. The van der Waals surface area contributed by atoms with Crippen LogP contribution in [0.5, 0.6) is 5.75 Å². The highest BCUT2D eigenvalue weighted by Gasteiger charge is 2.03. The highest BCUT2D eigenvalue weighted by Crippen LogP contribution is 2.22. The first kappa shape index (κ1) is 19.8. The fourth-order valence-electron chi connectivity index (χ4n) is 2.32. The van der Waals surface area contributed by atoms with Crippen molar-refractivity contribution in [3.8, 4) is 5.75 Å². The van der Waals surface area contributed by atoms with E-state index in [9.17, 15) is 9.59 Å². The molecule has 24 heavy (non-hydrogen) atoms. The van der Waals surface area contributed by atoms with E-state index in [1.807, 2.05) is 32.0 Å². The van der Waals surface area contributed by atoms with Crippen molar-refractivity contribution in [2.75, 3.05) is 19.7 Å². The average molecular weight is 336 g/mol. The molecule has 0 saturated heterocycles. The Morgan fingerprint density at radius 1 is 1.00 bits per heavy atom. The van der Waals surface area contributed by atoms with Gasteiger partial charge in [0.05, 0.1) is 6.61 Å². The molecule has 1 rings (SSSR count). The molecular weight excluding hydrogens is 308 g/mol. The zero-order valence-electron chi connectivity index (χ0n) is 14.6. The van der Waals surface area contributed by atoms with Crippen molar-refractivity contribution in [3.63, 3.8) is 0 Å². The molecule has 2 amide bonds. The summed E-state index contributed by atoms with van der Waals surface area (Å²) in [4.78, 5) is 21.9. The Labute approximate surface area is 143 Å². The highest BCUT2D eigenvalue weighted by molar-refractivity contribution is 5.73. The fourth-order valence-corrected chi connectivity index (χ4v) is 2.32. The maximum absolute atomic E-state index is 11.6. The van der Waals surface area contributed by atoms with E-state index in [0.29, 0.717) is 26.1 Å². The predicted octanol–water partition coefficient (Wildman–Crippen LogP) is 3.02. The van der Waals surface area contributed by atoms with Crippen LogP contribution in [0.4, 0.5) is 4.79 Å². The molecule has 0 saturated carbocycles. The van der Waals surface area contributed by atoms with Crippen LogP contribution in [0.1, 0.15) is 43.2 Å². The number of ether oxygens (including phenoxy) is 1. The lowest BCUT2D eigenvalue weighted by atomic mass is 10.1. The van der Waals surface area contributed by atoms with E-state index in [1.165, 1.54) is 0 Å². The van der Waals surface area contributed by atoms with Crippen molar-refractivity contribution in [1.29, 1.82) is 0 Å². The number of hydrogen-bond donors (Lipinski definition) is 3. The minimum atomic E-state index is -0.774. The lowest BCUT2D eigenvalue weighted by molar-refractivity contribution is -0.137. The van der Waals surface area contributed by atoms with E-state index in [0.717, 1.165) is 36.1 Å². The summed E-state index contributed by atoms with van der Waals surface area (Å²) in [5.41, 5.74) is 2.23. The van der Waals surface area contributed by atoms with Gasteiger partial charge in [-0.05, 0) is 44.2 Å². The van der Waals surface area contributed by atoms with E-state index in [-0.39, 0.29) is 12.5 Å². The molecule has 6 nitrogen and oxygen atoms in total. The number of amides is 2. The van der Waals surface area contributed by atoms with Crippen LogP contribution < -0.4 is 15.4 Å².